The van der Waals surface area contributed by atoms with Crippen LogP contribution in [-0.4, -0.2) is 33.4 Å². The molecule has 3 rings (SSSR count). The number of thioether (sulfide) groups is 1. The fourth-order valence-electron chi connectivity index (χ4n) is 3.36. The van der Waals surface area contributed by atoms with Gasteiger partial charge in [-0.2, -0.15) is 17.0 Å². The zero-order chi connectivity index (χ0) is 15.4. The van der Waals surface area contributed by atoms with E-state index in [0.29, 0.717) is 0 Å². The highest BCUT2D eigenvalue weighted by atomic mass is 32.2. The van der Waals surface area contributed by atoms with Gasteiger partial charge in [-0.15, -0.1) is 0 Å². The summed E-state index contributed by atoms with van der Waals surface area (Å²) in [6.07, 6.45) is 8.09. The lowest BCUT2D eigenvalue weighted by Crippen LogP contribution is -2.29. The molecule has 0 unspecified atom stereocenters. The van der Waals surface area contributed by atoms with Gasteiger partial charge in [0.2, 0.25) is 0 Å². The first kappa shape index (κ1) is 15.5. The van der Waals surface area contributed by atoms with Crippen LogP contribution in [0.2, 0.25) is 0 Å². The maximum atomic E-state index is 9.54. The van der Waals surface area contributed by atoms with E-state index >= 15 is 0 Å². The van der Waals surface area contributed by atoms with Crippen molar-refractivity contribution in [2.75, 3.05) is 18.8 Å². The maximum absolute atomic E-state index is 9.54. The van der Waals surface area contributed by atoms with Gasteiger partial charge >= 0.3 is 0 Å². The van der Waals surface area contributed by atoms with Crippen LogP contribution in [0.5, 0.6) is 0 Å². The average molecular weight is 313 g/mol. The number of pyridine rings is 1. The second-order valence-electron chi connectivity index (χ2n) is 5.94. The number of nitriles is 1. The summed E-state index contributed by atoms with van der Waals surface area (Å²) in [7, 11) is 0. The van der Waals surface area contributed by atoms with Crippen molar-refractivity contribution in [1.29, 1.82) is 5.26 Å². The van der Waals surface area contributed by atoms with E-state index in [1.165, 1.54) is 25.0 Å². The molecule has 3 heterocycles. The van der Waals surface area contributed by atoms with Crippen LogP contribution in [0.3, 0.4) is 0 Å². The van der Waals surface area contributed by atoms with Gasteiger partial charge in [-0.05, 0) is 37.3 Å². The molecule has 1 aliphatic heterocycles. The highest BCUT2D eigenvalue weighted by Gasteiger charge is 2.20. The van der Waals surface area contributed by atoms with E-state index in [1.54, 1.807) is 0 Å². The lowest BCUT2D eigenvalue weighted by molar-refractivity contribution is 0.279. The normalized spacial score (nSPS) is 19.9. The van der Waals surface area contributed by atoms with Crippen molar-refractivity contribution < 1.29 is 0 Å². The van der Waals surface area contributed by atoms with Crippen LogP contribution in [0.4, 0.5) is 0 Å². The zero-order valence-electron chi connectivity index (χ0n) is 13.2. The second kappa shape index (κ2) is 7.21. The Morgan fingerprint density at radius 1 is 1.36 bits per heavy atom. The van der Waals surface area contributed by atoms with Crippen molar-refractivity contribution in [3.05, 3.63) is 41.7 Å². The minimum absolute atomic E-state index is 0.745. The van der Waals surface area contributed by atoms with E-state index in [4.69, 9.17) is 0 Å². The lowest BCUT2D eigenvalue weighted by Gasteiger charge is -2.23. The van der Waals surface area contributed by atoms with Crippen molar-refractivity contribution >= 4 is 17.3 Å². The summed E-state index contributed by atoms with van der Waals surface area (Å²) in [5.74, 6) is 1.19. The number of likely N-dealkylation sites (tertiary alicyclic amines) is 1. The summed E-state index contributed by atoms with van der Waals surface area (Å²) in [4.78, 5) is 2.54. The monoisotopic (exact) mass is 313 g/mol. The molecule has 1 aliphatic rings. The molecule has 0 N–H and O–H groups in total. The molecule has 4 heteroatoms. The Hall–Kier alpha value is -1.44. The molecule has 0 bridgehead atoms. The molecule has 0 radical (unpaired) electrons. The molecule has 22 heavy (non-hydrogen) atoms. The first-order valence-electron chi connectivity index (χ1n) is 8.14. The summed E-state index contributed by atoms with van der Waals surface area (Å²) in [6, 6.07) is 8.45. The van der Waals surface area contributed by atoms with Gasteiger partial charge in [-0.3, -0.25) is 4.90 Å². The Morgan fingerprint density at radius 2 is 2.27 bits per heavy atom. The molecule has 3 nitrogen and oxygen atoms in total. The van der Waals surface area contributed by atoms with Crippen LogP contribution in [0.1, 0.15) is 37.3 Å². The first-order valence-corrected chi connectivity index (χ1v) is 9.19. The number of nitrogens with zero attached hydrogens (tertiary/aromatic N) is 3. The molecule has 2 aromatic rings. The Balaban J connectivity index is 1.81. The van der Waals surface area contributed by atoms with Gasteiger partial charge in [0.25, 0.3) is 0 Å². The standard InChI is InChI=1S/C18H23N3S/c1-2-22-16-7-3-5-9-20(14-16)12-15-13-21-10-6-4-8-18(21)17(15)11-19/h4,6,8,10,13,16H,2-3,5,7,9,12,14H2,1H3/t16-/m0/s1. The van der Waals surface area contributed by atoms with Gasteiger partial charge in [0.05, 0.1) is 11.1 Å². The largest absolute Gasteiger partial charge is 0.322 e. The summed E-state index contributed by atoms with van der Waals surface area (Å²) in [5, 5.41) is 10.3. The third-order valence-electron chi connectivity index (χ3n) is 4.38. The van der Waals surface area contributed by atoms with Crippen molar-refractivity contribution in [3.63, 3.8) is 0 Å². The predicted molar refractivity (Wildman–Crippen MR) is 93.2 cm³/mol. The fourth-order valence-corrected chi connectivity index (χ4v) is 4.48. The van der Waals surface area contributed by atoms with Gasteiger partial charge in [-0.25, -0.2) is 0 Å². The quantitative estimate of drug-likeness (QED) is 0.857. The Bertz CT molecular complexity index is 671. The number of hydrogen-bond donors (Lipinski definition) is 0. The van der Waals surface area contributed by atoms with Crippen LogP contribution in [0.25, 0.3) is 5.52 Å². The molecule has 0 saturated carbocycles. The smallest absolute Gasteiger partial charge is 0.102 e. The van der Waals surface area contributed by atoms with Crippen LogP contribution in [0, 0.1) is 11.3 Å². The number of hydrogen-bond acceptors (Lipinski definition) is 3. The van der Waals surface area contributed by atoms with E-state index in [0.717, 1.165) is 41.5 Å². The Labute approximate surface area is 136 Å². The van der Waals surface area contributed by atoms with E-state index in [2.05, 4.69) is 40.3 Å². The van der Waals surface area contributed by atoms with Crippen LogP contribution < -0.4 is 0 Å². The van der Waals surface area contributed by atoms with Crippen molar-refractivity contribution in [2.24, 2.45) is 0 Å². The molecule has 0 aromatic carbocycles. The van der Waals surface area contributed by atoms with Gasteiger partial charge in [0.15, 0.2) is 0 Å². The molecule has 0 amide bonds. The third-order valence-corrected chi connectivity index (χ3v) is 5.57. The Morgan fingerprint density at radius 3 is 3.09 bits per heavy atom. The van der Waals surface area contributed by atoms with Gasteiger partial charge in [0.1, 0.15) is 6.07 Å². The number of rotatable bonds is 4. The van der Waals surface area contributed by atoms with Crippen molar-refractivity contribution in [1.82, 2.24) is 9.30 Å². The SMILES string of the molecule is CCS[C@H]1CCCCN(Cc2cn3ccccc3c2C#N)C1. The van der Waals surface area contributed by atoms with E-state index in [9.17, 15) is 5.26 Å². The van der Waals surface area contributed by atoms with Gasteiger partial charge in [-0.1, -0.05) is 19.4 Å². The molecule has 1 saturated heterocycles. The topological polar surface area (TPSA) is 31.4 Å². The van der Waals surface area contributed by atoms with E-state index in [-0.39, 0.29) is 0 Å². The van der Waals surface area contributed by atoms with Crippen molar-refractivity contribution in [2.45, 2.75) is 38.0 Å². The average Bonchev–Trinajstić information content (AvgIpc) is 2.72. The summed E-state index contributed by atoms with van der Waals surface area (Å²) < 4.78 is 2.07. The Kier molecular flexibility index (Phi) is 5.07. The summed E-state index contributed by atoms with van der Waals surface area (Å²) in [5.41, 5.74) is 3.02. The van der Waals surface area contributed by atoms with Gasteiger partial charge < -0.3 is 4.40 Å². The maximum Gasteiger partial charge on any atom is 0.102 e. The highest BCUT2D eigenvalue weighted by molar-refractivity contribution is 7.99. The van der Waals surface area contributed by atoms with E-state index in [1.807, 2.05) is 24.4 Å². The van der Waals surface area contributed by atoms with E-state index < -0.39 is 0 Å². The lowest BCUT2D eigenvalue weighted by atomic mass is 10.1. The van der Waals surface area contributed by atoms with Crippen LogP contribution in [-0.2, 0) is 6.54 Å². The summed E-state index contributed by atoms with van der Waals surface area (Å²) in [6.45, 7) is 5.44. The molecule has 0 aliphatic carbocycles. The number of aromatic nitrogens is 1. The van der Waals surface area contributed by atoms with Crippen LogP contribution in [0.15, 0.2) is 30.6 Å². The van der Waals surface area contributed by atoms with Crippen molar-refractivity contribution in [3.8, 4) is 6.07 Å². The molecular weight excluding hydrogens is 290 g/mol. The summed E-state index contributed by atoms with van der Waals surface area (Å²) >= 11 is 2.08. The minimum atomic E-state index is 0.745. The zero-order valence-corrected chi connectivity index (χ0v) is 14.0. The fraction of sp³-hybridized carbons (Fsp3) is 0.500. The predicted octanol–water partition coefficient (Wildman–Crippen LogP) is 3.92. The first-order chi connectivity index (χ1) is 10.8. The molecule has 1 atom stereocenters. The second-order valence-corrected chi connectivity index (χ2v) is 7.52. The van der Waals surface area contributed by atoms with Gasteiger partial charge in [0, 0.05) is 36.3 Å². The molecular formula is C18H23N3S. The highest BCUT2D eigenvalue weighted by Crippen LogP contribution is 2.25. The van der Waals surface area contributed by atoms with Crippen LogP contribution >= 0.6 is 11.8 Å². The number of fused-ring (bicyclic) bond motifs is 1. The minimum Gasteiger partial charge on any atom is -0.322 e. The molecule has 1 fully saturated rings. The molecule has 2 aromatic heterocycles. The molecule has 0 spiro atoms. The molecule has 116 valence electrons. The third kappa shape index (κ3) is 3.31.